The molecule has 0 aliphatic carbocycles. The molecule has 7 heteroatoms. The van der Waals surface area contributed by atoms with Gasteiger partial charge in [-0.15, -0.1) is 0 Å². The average Bonchev–Trinajstić information content (AvgIpc) is 3.16. The maximum Gasteiger partial charge on any atom is 0.229 e. The van der Waals surface area contributed by atoms with Crippen molar-refractivity contribution >= 4 is 0 Å². The van der Waals surface area contributed by atoms with Crippen molar-refractivity contribution in [3.63, 3.8) is 0 Å². The SMILES string of the molecule is N#Cc1cccc(CN2CCC(c3nc(Cc4cc(F)cc(F)c4)no3)CC2)c1. The van der Waals surface area contributed by atoms with E-state index in [2.05, 4.69) is 21.1 Å². The molecule has 1 aromatic heterocycles. The van der Waals surface area contributed by atoms with Gasteiger partial charge in [0.2, 0.25) is 5.89 Å². The number of aromatic nitrogens is 2. The van der Waals surface area contributed by atoms with E-state index in [1.807, 2.05) is 18.2 Å². The van der Waals surface area contributed by atoms with E-state index in [1.54, 1.807) is 6.07 Å². The Labute approximate surface area is 167 Å². The van der Waals surface area contributed by atoms with Gasteiger partial charge in [0.25, 0.3) is 0 Å². The van der Waals surface area contributed by atoms with Crippen molar-refractivity contribution in [1.82, 2.24) is 15.0 Å². The molecular formula is C22H20F2N4O. The second-order valence-corrected chi connectivity index (χ2v) is 7.37. The first-order valence-corrected chi connectivity index (χ1v) is 9.58. The Kier molecular flexibility index (Phi) is 5.63. The fraction of sp³-hybridized carbons (Fsp3) is 0.318. The van der Waals surface area contributed by atoms with Gasteiger partial charge in [0, 0.05) is 24.9 Å². The Hall–Kier alpha value is -3.11. The predicted octanol–water partition coefficient (Wildman–Crippen LogP) is 4.19. The zero-order chi connectivity index (χ0) is 20.2. The van der Waals surface area contributed by atoms with Crippen LogP contribution in [-0.2, 0) is 13.0 Å². The molecule has 5 nitrogen and oxygen atoms in total. The van der Waals surface area contributed by atoms with Gasteiger partial charge < -0.3 is 4.52 Å². The van der Waals surface area contributed by atoms with Gasteiger partial charge in [0.1, 0.15) is 11.6 Å². The lowest BCUT2D eigenvalue weighted by atomic mass is 9.96. The summed E-state index contributed by atoms with van der Waals surface area (Å²) in [6.07, 6.45) is 2.02. The number of hydrogen-bond donors (Lipinski definition) is 0. The topological polar surface area (TPSA) is 66.0 Å². The lowest BCUT2D eigenvalue weighted by Crippen LogP contribution is -2.32. The molecular weight excluding hydrogens is 374 g/mol. The zero-order valence-electron chi connectivity index (χ0n) is 15.8. The summed E-state index contributed by atoms with van der Waals surface area (Å²) >= 11 is 0. The summed E-state index contributed by atoms with van der Waals surface area (Å²) in [5, 5.41) is 13.0. The van der Waals surface area contributed by atoms with Crippen molar-refractivity contribution in [2.24, 2.45) is 0 Å². The molecule has 4 rings (SSSR count). The molecule has 29 heavy (non-hydrogen) atoms. The van der Waals surface area contributed by atoms with Crippen molar-refractivity contribution in [3.8, 4) is 6.07 Å². The highest BCUT2D eigenvalue weighted by atomic mass is 19.1. The van der Waals surface area contributed by atoms with Gasteiger partial charge in [-0.2, -0.15) is 10.2 Å². The molecule has 0 unspecified atom stereocenters. The minimum absolute atomic E-state index is 0.183. The molecule has 0 N–H and O–H groups in total. The third kappa shape index (κ3) is 4.84. The molecule has 2 aromatic carbocycles. The highest BCUT2D eigenvalue weighted by Gasteiger charge is 2.25. The molecule has 1 aliphatic heterocycles. The van der Waals surface area contributed by atoms with Crippen LogP contribution < -0.4 is 0 Å². The lowest BCUT2D eigenvalue weighted by Gasteiger charge is -2.30. The lowest BCUT2D eigenvalue weighted by molar-refractivity contribution is 0.187. The monoisotopic (exact) mass is 394 g/mol. The van der Waals surface area contributed by atoms with Gasteiger partial charge in [0.15, 0.2) is 5.82 Å². The predicted molar refractivity (Wildman–Crippen MR) is 102 cm³/mol. The zero-order valence-corrected chi connectivity index (χ0v) is 15.8. The Bertz CT molecular complexity index is 1020. The summed E-state index contributed by atoms with van der Waals surface area (Å²) < 4.78 is 32.1. The van der Waals surface area contributed by atoms with E-state index in [1.165, 1.54) is 12.1 Å². The molecule has 2 heterocycles. The fourth-order valence-electron chi connectivity index (χ4n) is 3.74. The third-order valence-electron chi connectivity index (χ3n) is 5.17. The molecule has 1 fully saturated rings. The standard InChI is InChI=1S/C22H20F2N4O/c23-19-9-17(10-20(24)12-19)11-21-26-22(29-27-21)18-4-6-28(7-5-18)14-16-3-1-2-15(8-16)13-25/h1-3,8-10,12,18H,4-7,11,14H2. The van der Waals surface area contributed by atoms with Gasteiger partial charge in [-0.25, -0.2) is 8.78 Å². The van der Waals surface area contributed by atoms with Gasteiger partial charge >= 0.3 is 0 Å². The molecule has 0 radical (unpaired) electrons. The van der Waals surface area contributed by atoms with Crippen LogP contribution in [0.1, 0.15) is 47.2 Å². The van der Waals surface area contributed by atoms with E-state index in [0.29, 0.717) is 22.8 Å². The van der Waals surface area contributed by atoms with Crippen LogP contribution in [0.4, 0.5) is 8.78 Å². The Morgan fingerprint density at radius 2 is 1.83 bits per heavy atom. The summed E-state index contributed by atoms with van der Waals surface area (Å²) in [7, 11) is 0. The molecule has 148 valence electrons. The number of halogens is 2. The van der Waals surface area contributed by atoms with Crippen LogP contribution >= 0.6 is 0 Å². The summed E-state index contributed by atoms with van der Waals surface area (Å²) in [6.45, 7) is 2.60. The number of piperidine rings is 1. The van der Waals surface area contributed by atoms with E-state index in [4.69, 9.17) is 9.78 Å². The van der Waals surface area contributed by atoms with Crippen molar-refractivity contribution in [3.05, 3.63) is 82.5 Å². The van der Waals surface area contributed by atoms with E-state index >= 15 is 0 Å². The molecule has 1 aliphatic rings. The Morgan fingerprint density at radius 3 is 2.55 bits per heavy atom. The number of nitriles is 1. The fourth-order valence-corrected chi connectivity index (χ4v) is 3.74. The van der Waals surface area contributed by atoms with Crippen LogP contribution in [-0.4, -0.2) is 28.1 Å². The van der Waals surface area contributed by atoms with Crippen LogP contribution in [0.15, 0.2) is 47.0 Å². The van der Waals surface area contributed by atoms with Crippen LogP contribution in [0, 0.1) is 23.0 Å². The van der Waals surface area contributed by atoms with Crippen LogP contribution in [0.2, 0.25) is 0 Å². The smallest absolute Gasteiger partial charge is 0.229 e. The maximum atomic E-state index is 13.3. The number of nitrogens with zero attached hydrogens (tertiary/aromatic N) is 4. The number of likely N-dealkylation sites (tertiary alicyclic amines) is 1. The second-order valence-electron chi connectivity index (χ2n) is 7.37. The first kappa shape index (κ1) is 19.2. The van der Waals surface area contributed by atoms with E-state index in [0.717, 1.165) is 44.1 Å². The summed E-state index contributed by atoms with van der Waals surface area (Å²) in [6, 6.07) is 13.2. The number of rotatable bonds is 5. The highest BCUT2D eigenvalue weighted by molar-refractivity contribution is 5.32. The number of benzene rings is 2. The normalized spacial score (nSPS) is 15.3. The Balaban J connectivity index is 1.33. The van der Waals surface area contributed by atoms with E-state index < -0.39 is 11.6 Å². The van der Waals surface area contributed by atoms with Gasteiger partial charge in [-0.1, -0.05) is 17.3 Å². The molecule has 0 saturated carbocycles. The van der Waals surface area contributed by atoms with Gasteiger partial charge in [0.05, 0.1) is 11.6 Å². The molecule has 0 bridgehead atoms. The first-order valence-electron chi connectivity index (χ1n) is 9.58. The largest absolute Gasteiger partial charge is 0.339 e. The average molecular weight is 394 g/mol. The van der Waals surface area contributed by atoms with E-state index in [-0.39, 0.29) is 12.3 Å². The summed E-state index contributed by atoms with van der Waals surface area (Å²) in [5.41, 5.74) is 2.28. The molecule has 1 saturated heterocycles. The van der Waals surface area contributed by atoms with Crippen molar-refractivity contribution < 1.29 is 13.3 Å². The van der Waals surface area contributed by atoms with Crippen molar-refractivity contribution in [1.29, 1.82) is 5.26 Å². The van der Waals surface area contributed by atoms with Gasteiger partial charge in [-0.05, 0) is 61.3 Å². The quantitative estimate of drug-likeness (QED) is 0.649. The minimum Gasteiger partial charge on any atom is -0.339 e. The molecule has 0 atom stereocenters. The Morgan fingerprint density at radius 1 is 1.07 bits per heavy atom. The molecule has 0 amide bonds. The molecule has 0 spiro atoms. The first-order chi connectivity index (χ1) is 14.1. The minimum atomic E-state index is -0.614. The summed E-state index contributed by atoms with van der Waals surface area (Å²) in [5.74, 6) is -0.0290. The van der Waals surface area contributed by atoms with Crippen LogP contribution in [0.5, 0.6) is 0 Å². The second kappa shape index (κ2) is 8.50. The van der Waals surface area contributed by atoms with Crippen LogP contribution in [0.3, 0.4) is 0 Å². The van der Waals surface area contributed by atoms with Crippen molar-refractivity contribution in [2.75, 3.05) is 13.1 Å². The summed E-state index contributed by atoms with van der Waals surface area (Å²) in [4.78, 5) is 6.79. The van der Waals surface area contributed by atoms with Crippen molar-refractivity contribution in [2.45, 2.75) is 31.7 Å². The maximum absolute atomic E-state index is 13.3. The third-order valence-corrected chi connectivity index (χ3v) is 5.17. The number of hydrogen-bond acceptors (Lipinski definition) is 5. The highest BCUT2D eigenvalue weighted by Crippen LogP contribution is 2.28. The van der Waals surface area contributed by atoms with E-state index in [9.17, 15) is 8.78 Å². The van der Waals surface area contributed by atoms with Gasteiger partial charge in [-0.3, -0.25) is 4.90 Å². The van der Waals surface area contributed by atoms with Crippen LogP contribution in [0.25, 0.3) is 0 Å². The molecule has 3 aromatic rings.